The molecule has 5 saturated heterocycles. The van der Waals surface area contributed by atoms with Crippen LogP contribution in [0.2, 0.25) is 0 Å². The molecule has 12 fully saturated rings. The number of fused-ring (bicyclic) bond motifs is 1. The van der Waals surface area contributed by atoms with E-state index in [1.165, 1.54) is 108 Å². The number of hydrogen-bond acceptors (Lipinski definition) is 17. The molecule has 13 aliphatic rings. The van der Waals surface area contributed by atoms with Crippen molar-refractivity contribution in [1.29, 1.82) is 0 Å². The number of ether oxygens (including phenoxy) is 5. The van der Waals surface area contributed by atoms with Crippen LogP contribution < -0.4 is 34.3 Å². The SMILES string of the molecule is CC(=O)c1ccc(OCC[C@@H]2C[C@@H]2C2CCN(CC(C)(F)F)CC2)cc1F.CC(C)(C)CN1CCC([C@H]2C[C@H]2CCOc2ccc(C(=O)NC3CC3)c(F)c2)CC1.CC(F)(F)CN1CCC([C@H]2C[C@H]2CCOc2cc(F)c3c(c2)CC(=O)N3)CC1.CCC(F)(F)CN1CCC([C@H]2C[C@H]2CCOc2cc(F)c(C(=O)C3CC3)c(F)c2)CC1.Cc1nnc(-c2ccc(OCC[C@@H]3C[C@@H]3C3CCN(CC(C)(F)F)CC3)cc2F)o1. The van der Waals surface area contributed by atoms with Crippen LogP contribution in [0.15, 0.2) is 83.3 Å². The van der Waals surface area contributed by atoms with Gasteiger partial charge >= 0.3 is 0 Å². The van der Waals surface area contributed by atoms with Crippen LogP contribution in [0.5, 0.6) is 28.7 Å². The number of nitrogens with one attached hydrogen (secondary N) is 2. The maximum atomic E-state index is 14.3. The van der Waals surface area contributed by atoms with E-state index in [1.54, 1.807) is 37.3 Å². The molecule has 806 valence electrons. The number of nitrogens with zero attached hydrogens (tertiary/aromatic N) is 7. The topological polar surface area (TPSA) is 194 Å². The van der Waals surface area contributed by atoms with Gasteiger partial charge in [-0.25, -0.2) is 61.5 Å². The van der Waals surface area contributed by atoms with Gasteiger partial charge in [0.2, 0.25) is 11.8 Å². The molecule has 7 heterocycles. The van der Waals surface area contributed by atoms with Crippen molar-refractivity contribution in [2.24, 2.45) is 100 Å². The third-order valence-electron chi connectivity index (χ3n) is 32.1. The van der Waals surface area contributed by atoms with Crippen LogP contribution >= 0.6 is 0 Å². The van der Waals surface area contributed by atoms with E-state index in [1.807, 2.05) is 19.6 Å². The Balaban J connectivity index is 0.000000137. The first-order chi connectivity index (χ1) is 69.3. The summed E-state index contributed by atoms with van der Waals surface area (Å²) in [7, 11) is 0. The van der Waals surface area contributed by atoms with Gasteiger partial charge in [-0.2, -0.15) is 0 Å². The highest BCUT2D eigenvalue weighted by Crippen LogP contribution is 2.55. The number of aryl methyl sites for hydroxylation is 1. The Morgan fingerprint density at radius 2 is 0.760 bits per heavy atom. The van der Waals surface area contributed by atoms with Crippen LogP contribution in [0.3, 0.4) is 0 Å². The van der Waals surface area contributed by atoms with Gasteiger partial charge in [0.25, 0.3) is 35.5 Å². The number of Topliss-reactive ketones (excluding diaryl/α,β-unsaturated/α-hetero) is 2. The van der Waals surface area contributed by atoms with Gasteiger partial charge in [-0.1, -0.05) is 27.7 Å². The zero-order chi connectivity index (χ0) is 104. The number of hydrogen-bond donors (Lipinski definition) is 2. The second-order valence-corrected chi connectivity index (χ2v) is 46.0. The molecular formula is C113H151F14N9O10. The first kappa shape index (κ1) is 111. The molecule has 2 N–H and O–H groups in total. The molecule has 2 amide bonds. The summed E-state index contributed by atoms with van der Waals surface area (Å²) in [5.41, 5.74) is 1.30. The van der Waals surface area contributed by atoms with E-state index >= 15 is 0 Å². The fraction of sp³-hybridized carbons (Fsp3) is 0.681. The Kier molecular flexibility index (Phi) is 37.5. The van der Waals surface area contributed by atoms with Crippen molar-refractivity contribution in [3.63, 3.8) is 0 Å². The van der Waals surface area contributed by atoms with Crippen molar-refractivity contribution in [3.05, 3.63) is 142 Å². The van der Waals surface area contributed by atoms with Crippen LogP contribution in [-0.2, 0) is 11.2 Å². The van der Waals surface area contributed by atoms with Crippen LogP contribution in [0.25, 0.3) is 11.5 Å². The summed E-state index contributed by atoms with van der Waals surface area (Å²) < 4.78 is 225. The lowest BCUT2D eigenvalue weighted by molar-refractivity contribution is -0.115. The molecule has 0 bridgehead atoms. The van der Waals surface area contributed by atoms with Crippen molar-refractivity contribution in [2.45, 2.75) is 259 Å². The summed E-state index contributed by atoms with van der Waals surface area (Å²) in [6.07, 6.45) is 24.6. The number of aromatic nitrogens is 2. The summed E-state index contributed by atoms with van der Waals surface area (Å²) in [6.45, 7) is 26.1. The average Bonchev–Trinajstić information content (AvgIpc) is 1.66. The van der Waals surface area contributed by atoms with E-state index in [4.69, 9.17) is 28.1 Å². The second-order valence-electron chi connectivity index (χ2n) is 46.0. The minimum absolute atomic E-state index is 0.0804. The molecular weight excluding hydrogens is 1910 g/mol. The van der Waals surface area contributed by atoms with E-state index < -0.39 is 69.9 Å². The van der Waals surface area contributed by atoms with Gasteiger partial charge in [-0.3, -0.25) is 38.8 Å². The zero-order valence-corrected chi connectivity index (χ0v) is 86.4. The lowest BCUT2D eigenvalue weighted by atomic mass is 9.88. The number of carbonyl (C=O) groups is 4. The second kappa shape index (κ2) is 49.2. The minimum atomic E-state index is -2.62. The molecule has 19 rings (SSSR count). The highest BCUT2D eigenvalue weighted by atomic mass is 19.3. The van der Waals surface area contributed by atoms with E-state index in [0.717, 1.165) is 206 Å². The van der Waals surface area contributed by atoms with Crippen molar-refractivity contribution >= 4 is 29.1 Å². The summed E-state index contributed by atoms with van der Waals surface area (Å²) in [5, 5.41) is 12.9. The highest BCUT2D eigenvalue weighted by molar-refractivity contribution is 6.00. The monoisotopic (exact) mass is 2060 g/mol. The van der Waals surface area contributed by atoms with Crippen molar-refractivity contribution in [3.8, 4) is 40.2 Å². The third kappa shape index (κ3) is 34.2. The normalized spacial score (nSPS) is 24.5. The van der Waals surface area contributed by atoms with Crippen LogP contribution in [0.1, 0.15) is 258 Å². The van der Waals surface area contributed by atoms with E-state index in [9.17, 15) is 80.6 Å². The van der Waals surface area contributed by atoms with Gasteiger partial charge in [0, 0.05) is 89.0 Å². The van der Waals surface area contributed by atoms with Gasteiger partial charge in [0.05, 0.1) is 93.6 Å². The molecule has 0 radical (unpaired) electrons. The molecule has 10 atom stereocenters. The first-order valence-corrected chi connectivity index (χ1v) is 53.8. The number of alkyl halides is 8. The van der Waals surface area contributed by atoms with Crippen LogP contribution in [-0.4, -0.2) is 219 Å². The average molecular weight is 2060 g/mol. The number of benzene rings is 5. The largest absolute Gasteiger partial charge is 0.493 e. The van der Waals surface area contributed by atoms with Crippen molar-refractivity contribution < 1.29 is 109 Å². The van der Waals surface area contributed by atoms with Crippen molar-refractivity contribution in [2.75, 3.05) is 137 Å². The summed E-state index contributed by atoms with van der Waals surface area (Å²) in [4.78, 5) is 56.8. The molecule has 6 aliphatic heterocycles. The lowest BCUT2D eigenvalue weighted by Crippen LogP contribution is -2.41. The minimum Gasteiger partial charge on any atom is -0.493 e. The lowest BCUT2D eigenvalue weighted by Gasteiger charge is -2.36. The number of rotatable bonds is 41. The zero-order valence-electron chi connectivity index (χ0n) is 86.4. The molecule has 19 nitrogen and oxygen atoms in total. The Morgan fingerprint density at radius 1 is 0.418 bits per heavy atom. The number of carbonyl (C=O) groups excluding carboxylic acids is 4. The van der Waals surface area contributed by atoms with Gasteiger partial charge in [-0.05, 0) is 369 Å². The number of halogens is 14. The highest BCUT2D eigenvalue weighted by Gasteiger charge is 2.50. The number of anilines is 1. The maximum Gasteiger partial charge on any atom is 0.260 e. The van der Waals surface area contributed by atoms with E-state index in [-0.39, 0.29) is 103 Å². The summed E-state index contributed by atoms with van der Waals surface area (Å²) in [6, 6.07) is 19.1. The van der Waals surface area contributed by atoms with E-state index in [0.29, 0.717) is 157 Å². The van der Waals surface area contributed by atoms with E-state index in [2.05, 4.69) is 46.5 Å². The number of amides is 2. The summed E-state index contributed by atoms with van der Waals surface area (Å²) in [5.74, 6) is -3.08. The predicted molar refractivity (Wildman–Crippen MR) is 531 cm³/mol. The Labute approximate surface area is 851 Å². The van der Waals surface area contributed by atoms with Gasteiger partial charge in [0.1, 0.15) is 57.8 Å². The van der Waals surface area contributed by atoms with Gasteiger partial charge < -0.3 is 43.6 Å². The molecule has 0 unspecified atom stereocenters. The third-order valence-corrected chi connectivity index (χ3v) is 32.1. The fourth-order valence-corrected chi connectivity index (χ4v) is 23.6. The molecule has 7 aliphatic carbocycles. The molecule has 146 heavy (non-hydrogen) atoms. The Morgan fingerprint density at radius 3 is 1.10 bits per heavy atom. The smallest absolute Gasteiger partial charge is 0.260 e. The number of ketones is 2. The molecule has 6 aromatic rings. The standard InChI is InChI=1S/C25H37FN2O2.C24H31F4NO2.C22H28F3N3O2.C21H27F3N2O2.C21H28F3NO2/c1-25(2,3)16-28-11-8-17(9-12-28)22-14-18(22)10-13-30-20-6-7-21(23(26)15-20)24(29)27-19-4-5-19;1-2-24(27,28)14-29-8-5-15(6-9-29)19-11-17(19)7-10-31-18-12-20(25)22(21(26)13-18)23(30)16-3-4-16;1-14-26-27-21(30-14)18-4-3-17(12-20(18)23)29-10-7-16-11-19(16)15-5-8-28(9-6-15)13-22(2,24)25;1-21(23,24)12-26-5-2-13(3-6-26)17-9-14(17)4-7-28-16-8-15-10-19(27)25-20(15)18(22)11-16;1-14(26)18-4-3-17(12-20(18)22)27-10-7-16-11-19(16)15-5-8-25(9-6-15)13-21(2,23)24/h6-7,15,17-19,22H,4-5,8-14,16H2,1-3H3,(H,27,29);12-13,15-17,19H,2-11,14H2,1H3;3-4,12,15-16,19H,5-11,13H2,1-2H3;8,11,13-14,17H,2-7,9-10,12H2,1H3,(H,25,27);3-4,12,15-16,19H,5-11,13H2,1-2H3/t18-,22-;17-,19-;16-,19-;14-,17-;16-,19-/m11111/s1. The number of likely N-dealkylation sites (tertiary alicyclic amines) is 5. The van der Waals surface area contributed by atoms with Crippen molar-refractivity contribution in [1.82, 2.24) is 40.0 Å². The fourth-order valence-electron chi connectivity index (χ4n) is 23.6. The first-order valence-electron chi connectivity index (χ1n) is 53.8. The summed E-state index contributed by atoms with van der Waals surface area (Å²) >= 11 is 0. The molecule has 7 saturated carbocycles. The Bertz CT molecular complexity index is 5290. The molecule has 0 spiro atoms. The van der Waals surface area contributed by atoms with Gasteiger partial charge in [-0.15, -0.1) is 10.2 Å². The predicted octanol–water partition coefficient (Wildman–Crippen LogP) is 24.5. The molecule has 1 aromatic heterocycles. The van der Waals surface area contributed by atoms with Crippen LogP contribution in [0.4, 0.5) is 67.2 Å². The Hall–Kier alpha value is -8.66. The van der Waals surface area contributed by atoms with Gasteiger partial charge in [0.15, 0.2) is 17.4 Å². The number of piperidine rings is 5. The van der Waals surface area contributed by atoms with Crippen LogP contribution in [0, 0.1) is 142 Å². The quantitative estimate of drug-likeness (QED) is 0.0272. The molecule has 33 heteroatoms. The maximum absolute atomic E-state index is 14.3. The molecule has 5 aromatic carbocycles.